The molecule has 170 valence electrons. The van der Waals surface area contributed by atoms with Crippen LogP contribution in [0.15, 0.2) is 55.2 Å². The van der Waals surface area contributed by atoms with Gasteiger partial charge < -0.3 is 15.7 Å². The van der Waals surface area contributed by atoms with Gasteiger partial charge in [-0.1, -0.05) is 18.2 Å². The van der Waals surface area contributed by atoms with Gasteiger partial charge in [-0.3, -0.25) is 9.36 Å². The van der Waals surface area contributed by atoms with E-state index in [0.717, 1.165) is 40.9 Å². The van der Waals surface area contributed by atoms with Gasteiger partial charge in [0.15, 0.2) is 5.82 Å². The highest BCUT2D eigenvalue weighted by Crippen LogP contribution is 2.30. The summed E-state index contributed by atoms with van der Waals surface area (Å²) in [5.74, 6) is 1.31. The Labute approximate surface area is 192 Å². The Balaban J connectivity index is 1.49. The SMILES string of the molecule is Cn1cc(-c2cccc(-c3ncc(-c4cnn(C)c4)c(NCC4(O)CCNCC4)n3)c2)cn1. The smallest absolute Gasteiger partial charge is 0.161 e. The maximum absolute atomic E-state index is 11.0. The van der Waals surface area contributed by atoms with E-state index in [4.69, 9.17) is 4.98 Å². The van der Waals surface area contributed by atoms with Crippen LogP contribution in [0.4, 0.5) is 5.82 Å². The quantitative estimate of drug-likeness (QED) is 0.419. The molecule has 0 spiro atoms. The summed E-state index contributed by atoms with van der Waals surface area (Å²) < 4.78 is 3.54. The second-order valence-electron chi connectivity index (χ2n) is 8.67. The van der Waals surface area contributed by atoms with E-state index in [9.17, 15) is 5.11 Å². The fraction of sp³-hybridized carbons (Fsp3) is 0.333. The van der Waals surface area contributed by atoms with Crippen LogP contribution in [0.25, 0.3) is 33.6 Å². The number of aromatic nitrogens is 6. The molecular formula is C24H28N8O. The van der Waals surface area contributed by atoms with Gasteiger partial charge in [0.25, 0.3) is 0 Å². The average molecular weight is 445 g/mol. The minimum Gasteiger partial charge on any atom is -0.388 e. The molecule has 9 heteroatoms. The molecule has 1 aromatic carbocycles. The van der Waals surface area contributed by atoms with Crippen molar-refractivity contribution in [2.75, 3.05) is 25.0 Å². The molecule has 0 atom stereocenters. The lowest BCUT2D eigenvalue weighted by Crippen LogP contribution is -2.46. The summed E-state index contributed by atoms with van der Waals surface area (Å²) in [7, 11) is 3.79. The zero-order chi connectivity index (χ0) is 22.8. The first-order valence-corrected chi connectivity index (χ1v) is 11.1. The maximum Gasteiger partial charge on any atom is 0.161 e. The Morgan fingerprint density at radius 2 is 1.67 bits per heavy atom. The maximum atomic E-state index is 11.0. The zero-order valence-electron chi connectivity index (χ0n) is 18.9. The van der Waals surface area contributed by atoms with Crippen LogP contribution in [0.1, 0.15) is 12.8 Å². The first-order chi connectivity index (χ1) is 16.0. The topological polar surface area (TPSA) is 106 Å². The molecule has 4 heterocycles. The fourth-order valence-electron chi connectivity index (χ4n) is 4.15. The number of nitrogens with zero attached hydrogens (tertiary/aromatic N) is 6. The van der Waals surface area contributed by atoms with E-state index in [1.54, 1.807) is 15.6 Å². The van der Waals surface area contributed by atoms with Crippen molar-refractivity contribution < 1.29 is 5.11 Å². The Morgan fingerprint density at radius 3 is 2.36 bits per heavy atom. The van der Waals surface area contributed by atoms with Crippen molar-refractivity contribution in [2.24, 2.45) is 14.1 Å². The average Bonchev–Trinajstić information content (AvgIpc) is 3.46. The molecule has 3 aromatic heterocycles. The lowest BCUT2D eigenvalue weighted by molar-refractivity contribution is 0.0231. The number of hydrogen-bond donors (Lipinski definition) is 3. The van der Waals surface area contributed by atoms with Crippen LogP contribution in [0.5, 0.6) is 0 Å². The lowest BCUT2D eigenvalue weighted by atomic mass is 9.92. The fourth-order valence-corrected chi connectivity index (χ4v) is 4.15. The molecule has 1 aliphatic heterocycles. The Bertz CT molecular complexity index is 1250. The zero-order valence-corrected chi connectivity index (χ0v) is 18.9. The van der Waals surface area contributed by atoms with Crippen LogP contribution in [-0.4, -0.2) is 59.9 Å². The monoisotopic (exact) mass is 444 g/mol. The van der Waals surface area contributed by atoms with Gasteiger partial charge in [-0.15, -0.1) is 0 Å². The molecule has 0 radical (unpaired) electrons. The normalized spacial score (nSPS) is 15.5. The molecular weight excluding hydrogens is 416 g/mol. The number of aryl methyl sites for hydroxylation is 2. The summed E-state index contributed by atoms with van der Waals surface area (Å²) in [5, 5.41) is 26.3. The van der Waals surface area contributed by atoms with Crippen molar-refractivity contribution in [3.63, 3.8) is 0 Å². The lowest BCUT2D eigenvalue weighted by Gasteiger charge is -2.33. The first-order valence-electron chi connectivity index (χ1n) is 11.1. The van der Waals surface area contributed by atoms with E-state index in [1.807, 2.05) is 51.0 Å². The number of anilines is 1. The first kappa shape index (κ1) is 21.3. The van der Waals surface area contributed by atoms with E-state index in [2.05, 4.69) is 37.9 Å². The van der Waals surface area contributed by atoms with Crippen molar-refractivity contribution in [3.05, 3.63) is 55.2 Å². The van der Waals surface area contributed by atoms with Gasteiger partial charge in [0, 0.05) is 61.5 Å². The highest BCUT2D eigenvalue weighted by atomic mass is 16.3. The molecule has 33 heavy (non-hydrogen) atoms. The Kier molecular flexibility index (Phi) is 5.65. The number of aliphatic hydroxyl groups is 1. The molecule has 4 aromatic rings. The summed E-state index contributed by atoms with van der Waals surface area (Å²) in [5.41, 5.74) is 4.03. The molecule has 0 bridgehead atoms. The molecule has 1 aliphatic rings. The van der Waals surface area contributed by atoms with Gasteiger partial charge in [-0.25, -0.2) is 9.97 Å². The number of rotatable bonds is 6. The van der Waals surface area contributed by atoms with Gasteiger partial charge >= 0.3 is 0 Å². The van der Waals surface area contributed by atoms with E-state index in [-0.39, 0.29) is 0 Å². The second-order valence-corrected chi connectivity index (χ2v) is 8.67. The molecule has 0 aliphatic carbocycles. The van der Waals surface area contributed by atoms with Crippen LogP contribution in [0.2, 0.25) is 0 Å². The van der Waals surface area contributed by atoms with Crippen LogP contribution in [-0.2, 0) is 14.1 Å². The number of hydrogen-bond acceptors (Lipinski definition) is 7. The molecule has 0 amide bonds. The second kappa shape index (κ2) is 8.76. The Morgan fingerprint density at radius 1 is 0.970 bits per heavy atom. The van der Waals surface area contributed by atoms with Crippen molar-refractivity contribution in [2.45, 2.75) is 18.4 Å². The molecule has 9 nitrogen and oxygen atoms in total. The minimum absolute atomic E-state index is 0.425. The number of benzene rings is 1. The molecule has 1 saturated heterocycles. The highest BCUT2D eigenvalue weighted by molar-refractivity contribution is 5.76. The van der Waals surface area contributed by atoms with Crippen molar-refractivity contribution in [1.29, 1.82) is 0 Å². The van der Waals surface area contributed by atoms with Gasteiger partial charge in [0.05, 0.1) is 18.0 Å². The Hall–Kier alpha value is -3.56. The molecule has 0 saturated carbocycles. The van der Waals surface area contributed by atoms with E-state index < -0.39 is 5.60 Å². The summed E-state index contributed by atoms with van der Waals surface area (Å²) in [4.78, 5) is 9.54. The molecule has 3 N–H and O–H groups in total. The van der Waals surface area contributed by atoms with E-state index >= 15 is 0 Å². The van der Waals surface area contributed by atoms with Crippen molar-refractivity contribution in [3.8, 4) is 33.6 Å². The van der Waals surface area contributed by atoms with E-state index in [0.29, 0.717) is 31.0 Å². The van der Waals surface area contributed by atoms with Gasteiger partial charge in [-0.2, -0.15) is 10.2 Å². The molecule has 1 fully saturated rings. The summed E-state index contributed by atoms with van der Waals surface area (Å²) >= 11 is 0. The highest BCUT2D eigenvalue weighted by Gasteiger charge is 2.29. The third kappa shape index (κ3) is 4.64. The van der Waals surface area contributed by atoms with Gasteiger partial charge in [-0.05, 0) is 37.6 Å². The number of piperidine rings is 1. The van der Waals surface area contributed by atoms with Crippen LogP contribution in [0, 0.1) is 0 Å². The van der Waals surface area contributed by atoms with Gasteiger partial charge in [0.1, 0.15) is 5.82 Å². The summed E-state index contributed by atoms with van der Waals surface area (Å²) in [6, 6.07) is 8.13. The minimum atomic E-state index is -0.761. The van der Waals surface area contributed by atoms with Gasteiger partial charge in [0.2, 0.25) is 0 Å². The van der Waals surface area contributed by atoms with Crippen LogP contribution < -0.4 is 10.6 Å². The van der Waals surface area contributed by atoms with Crippen molar-refractivity contribution >= 4 is 5.82 Å². The standard InChI is InChI=1S/C24H28N8O/c1-31-14-19(11-28-31)17-4-3-5-18(10-17)22-26-13-21(20-12-29-32(2)15-20)23(30-22)27-16-24(33)6-8-25-9-7-24/h3-5,10-15,25,33H,6-9,16H2,1-2H3,(H,26,27,30). The summed E-state index contributed by atoms with van der Waals surface area (Å²) in [6.45, 7) is 2.04. The van der Waals surface area contributed by atoms with Crippen molar-refractivity contribution in [1.82, 2.24) is 34.8 Å². The van der Waals surface area contributed by atoms with Crippen LogP contribution in [0.3, 0.4) is 0 Å². The predicted octanol–water partition coefficient (Wildman–Crippen LogP) is 2.47. The third-order valence-corrected chi connectivity index (χ3v) is 6.08. The predicted molar refractivity (Wildman–Crippen MR) is 127 cm³/mol. The molecule has 5 rings (SSSR count). The van der Waals surface area contributed by atoms with Crippen LogP contribution >= 0.6 is 0 Å². The third-order valence-electron chi connectivity index (χ3n) is 6.08. The van der Waals surface area contributed by atoms with E-state index in [1.165, 1.54) is 0 Å². The molecule has 0 unspecified atom stereocenters. The number of nitrogens with one attached hydrogen (secondary N) is 2. The largest absolute Gasteiger partial charge is 0.388 e. The summed E-state index contributed by atoms with van der Waals surface area (Å²) in [6.07, 6.45) is 10.8.